The van der Waals surface area contributed by atoms with E-state index >= 15 is 0 Å². The Morgan fingerprint density at radius 3 is 2.88 bits per heavy atom. The highest BCUT2D eigenvalue weighted by molar-refractivity contribution is 7.18. The molecule has 0 spiro atoms. The summed E-state index contributed by atoms with van der Waals surface area (Å²) in [6, 6.07) is 10.0. The highest BCUT2D eigenvalue weighted by atomic mass is 32.1. The summed E-state index contributed by atoms with van der Waals surface area (Å²) in [4.78, 5) is 21.6. The van der Waals surface area contributed by atoms with Gasteiger partial charge in [-0.15, -0.1) is 22.7 Å². The van der Waals surface area contributed by atoms with Gasteiger partial charge >= 0.3 is 0 Å². The lowest BCUT2D eigenvalue weighted by atomic mass is 10.2. The third kappa shape index (κ3) is 3.15. The van der Waals surface area contributed by atoms with E-state index in [4.69, 9.17) is 0 Å². The molecule has 1 amide bonds. The minimum Gasteiger partial charge on any atom is -0.352 e. The average Bonchev–Trinajstić information content (AvgIpc) is 3.33. The molecule has 0 bridgehead atoms. The zero-order chi connectivity index (χ0) is 18.1. The van der Waals surface area contributed by atoms with Crippen LogP contribution in [-0.4, -0.2) is 27.0 Å². The Balaban J connectivity index is 1.44. The number of nitrogens with zero attached hydrogens (tertiary/aromatic N) is 3. The first-order valence-corrected chi connectivity index (χ1v) is 10.0. The number of carbonyl (C=O) groups excluding carboxylic acids is 1. The minimum absolute atomic E-state index is 0.0537. The third-order valence-corrected chi connectivity index (χ3v) is 6.10. The Morgan fingerprint density at radius 1 is 1.27 bits per heavy atom. The second kappa shape index (κ2) is 7.01. The first kappa shape index (κ1) is 16.9. The molecule has 0 saturated carbocycles. The van der Waals surface area contributed by atoms with Gasteiger partial charge in [-0.1, -0.05) is 12.1 Å². The summed E-state index contributed by atoms with van der Waals surface area (Å²) < 4.78 is 3.20. The maximum atomic E-state index is 12.6. The number of nitrogens with one attached hydrogen (secondary N) is 1. The summed E-state index contributed by atoms with van der Waals surface area (Å²) in [6.07, 6.45) is 2.51. The SMILES string of the molecule is Cc1cc(C(=O)NCCc2nc3ccccc3s2)c(C)n1-c1nccs1. The summed E-state index contributed by atoms with van der Waals surface area (Å²) in [6.45, 7) is 4.52. The van der Waals surface area contributed by atoms with Crippen molar-refractivity contribution in [2.75, 3.05) is 6.54 Å². The van der Waals surface area contributed by atoms with E-state index in [0.717, 1.165) is 33.5 Å². The van der Waals surface area contributed by atoms with Crippen LogP contribution in [0.3, 0.4) is 0 Å². The standard InChI is InChI=1S/C19H18N4OS2/c1-12-11-14(13(2)23(12)19-21-9-10-25-19)18(24)20-8-7-17-22-15-5-3-4-6-16(15)26-17/h3-6,9-11H,7-8H2,1-2H3,(H,20,24). The van der Waals surface area contributed by atoms with Crippen LogP contribution in [-0.2, 0) is 6.42 Å². The normalized spacial score (nSPS) is 11.2. The number of para-hydroxylation sites is 1. The lowest BCUT2D eigenvalue weighted by Crippen LogP contribution is -2.26. The molecule has 0 fully saturated rings. The van der Waals surface area contributed by atoms with Crippen molar-refractivity contribution in [1.29, 1.82) is 0 Å². The molecule has 26 heavy (non-hydrogen) atoms. The maximum absolute atomic E-state index is 12.6. The summed E-state index contributed by atoms with van der Waals surface area (Å²) in [5.41, 5.74) is 3.64. The van der Waals surface area contributed by atoms with Crippen LogP contribution in [0.1, 0.15) is 26.8 Å². The van der Waals surface area contributed by atoms with Gasteiger partial charge < -0.3 is 5.32 Å². The number of benzene rings is 1. The predicted molar refractivity (Wildman–Crippen MR) is 107 cm³/mol. The van der Waals surface area contributed by atoms with Gasteiger partial charge in [-0.05, 0) is 32.0 Å². The van der Waals surface area contributed by atoms with Gasteiger partial charge in [0.2, 0.25) is 0 Å². The van der Waals surface area contributed by atoms with Crippen LogP contribution in [0.5, 0.6) is 0 Å². The van der Waals surface area contributed by atoms with E-state index in [1.165, 1.54) is 4.70 Å². The number of hydrogen-bond acceptors (Lipinski definition) is 5. The van der Waals surface area contributed by atoms with Crippen LogP contribution in [0.25, 0.3) is 15.3 Å². The number of thiazole rings is 2. The van der Waals surface area contributed by atoms with Crippen molar-refractivity contribution in [3.63, 3.8) is 0 Å². The van der Waals surface area contributed by atoms with Crippen LogP contribution >= 0.6 is 22.7 Å². The molecular formula is C19H18N4OS2. The van der Waals surface area contributed by atoms with Crippen LogP contribution in [0.4, 0.5) is 0 Å². The molecule has 0 unspecified atom stereocenters. The molecule has 0 aliphatic rings. The molecular weight excluding hydrogens is 364 g/mol. The predicted octanol–water partition coefficient (Wildman–Crippen LogP) is 4.13. The molecule has 0 atom stereocenters. The number of aryl methyl sites for hydroxylation is 1. The Labute approximate surface area is 159 Å². The fourth-order valence-electron chi connectivity index (χ4n) is 3.02. The van der Waals surface area contributed by atoms with E-state index in [0.29, 0.717) is 12.1 Å². The summed E-state index contributed by atoms with van der Waals surface area (Å²) in [5, 5.41) is 6.88. The zero-order valence-electron chi connectivity index (χ0n) is 14.5. The Hall–Kier alpha value is -2.51. The van der Waals surface area contributed by atoms with Crippen LogP contribution < -0.4 is 5.32 Å². The largest absolute Gasteiger partial charge is 0.352 e. The lowest BCUT2D eigenvalue weighted by molar-refractivity contribution is 0.0953. The summed E-state index contributed by atoms with van der Waals surface area (Å²) in [5.74, 6) is -0.0537. The number of amides is 1. The molecule has 132 valence electrons. The molecule has 4 rings (SSSR count). The van der Waals surface area contributed by atoms with Crippen LogP contribution in [0.15, 0.2) is 41.9 Å². The van der Waals surface area contributed by atoms with E-state index < -0.39 is 0 Å². The third-order valence-electron chi connectivity index (χ3n) is 4.25. The zero-order valence-corrected chi connectivity index (χ0v) is 16.2. The quantitative estimate of drug-likeness (QED) is 0.564. The topological polar surface area (TPSA) is 59.8 Å². The van der Waals surface area contributed by atoms with Crippen molar-refractivity contribution in [3.05, 3.63) is 63.9 Å². The van der Waals surface area contributed by atoms with Crippen LogP contribution in [0, 0.1) is 13.8 Å². The minimum atomic E-state index is -0.0537. The molecule has 0 aliphatic heterocycles. The summed E-state index contributed by atoms with van der Waals surface area (Å²) in [7, 11) is 0. The van der Waals surface area contributed by atoms with Crippen molar-refractivity contribution in [3.8, 4) is 5.13 Å². The number of rotatable bonds is 5. The summed E-state index contributed by atoms with van der Waals surface area (Å²) >= 11 is 3.24. The van der Waals surface area contributed by atoms with Crippen molar-refractivity contribution >= 4 is 38.8 Å². The molecule has 3 heterocycles. The first-order valence-electron chi connectivity index (χ1n) is 8.35. The van der Waals surface area contributed by atoms with Gasteiger partial charge in [-0.2, -0.15) is 0 Å². The molecule has 7 heteroatoms. The van der Waals surface area contributed by atoms with Crippen molar-refractivity contribution in [2.24, 2.45) is 0 Å². The van der Waals surface area contributed by atoms with Gasteiger partial charge in [-0.25, -0.2) is 9.97 Å². The Morgan fingerprint density at radius 2 is 2.12 bits per heavy atom. The van der Waals surface area contributed by atoms with Crippen LogP contribution in [0.2, 0.25) is 0 Å². The smallest absolute Gasteiger partial charge is 0.253 e. The van der Waals surface area contributed by atoms with Gasteiger partial charge in [0.25, 0.3) is 5.91 Å². The van der Waals surface area contributed by atoms with Crippen molar-refractivity contribution in [1.82, 2.24) is 19.9 Å². The van der Waals surface area contributed by atoms with Gasteiger partial charge in [0.05, 0.1) is 20.8 Å². The molecule has 0 aliphatic carbocycles. The van der Waals surface area contributed by atoms with Crippen molar-refractivity contribution < 1.29 is 4.79 Å². The Bertz CT molecular complexity index is 1030. The highest BCUT2D eigenvalue weighted by Crippen LogP contribution is 2.23. The molecule has 1 N–H and O–H groups in total. The monoisotopic (exact) mass is 382 g/mol. The van der Waals surface area contributed by atoms with E-state index in [9.17, 15) is 4.79 Å². The molecule has 3 aromatic heterocycles. The van der Waals surface area contributed by atoms with Gasteiger partial charge in [-0.3, -0.25) is 9.36 Å². The number of hydrogen-bond donors (Lipinski definition) is 1. The van der Waals surface area contributed by atoms with E-state index in [-0.39, 0.29) is 5.91 Å². The van der Waals surface area contributed by atoms with E-state index in [1.54, 1.807) is 28.9 Å². The molecule has 1 aromatic carbocycles. The second-order valence-corrected chi connectivity index (χ2v) is 8.00. The number of carbonyl (C=O) groups is 1. The molecule has 0 saturated heterocycles. The highest BCUT2D eigenvalue weighted by Gasteiger charge is 2.17. The fraction of sp³-hybridized carbons (Fsp3) is 0.211. The maximum Gasteiger partial charge on any atom is 0.253 e. The first-order chi connectivity index (χ1) is 12.6. The van der Waals surface area contributed by atoms with E-state index in [1.807, 2.05) is 48.1 Å². The number of fused-ring (bicyclic) bond motifs is 1. The van der Waals surface area contributed by atoms with Gasteiger partial charge in [0.15, 0.2) is 5.13 Å². The molecule has 4 aromatic rings. The van der Waals surface area contributed by atoms with Gasteiger partial charge in [0, 0.05) is 35.9 Å². The van der Waals surface area contributed by atoms with E-state index in [2.05, 4.69) is 21.4 Å². The van der Waals surface area contributed by atoms with Gasteiger partial charge in [0.1, 0.15) is 0 Å². The average molecular weight is 383 g/mol. The lowest BCUT2D eigenvalue weighted by Gasteiger charge is -2.06. The second-order valence-electron chi connectivity index (χ2n) is 6.02. The Kier molecular flexibility index (Phi) is 4.57. The number of aromatic nitrogens is 3. The fourth-order valence-corrected chi connectivity index (χ4v) is 4.74. The molecule has 0 radical (unpaired) electrons. The molecule has 5 nitrogen and oxygen atoms in total. The van der Waals surface area contributed by atoms with Crippen molar-refractivity contribution in [2.45, 2.75) is 20.3 Å².